The summed E-state index contributed by atoms with van der Waals surface area (Å²) in [4.78, 5) is 0. The number of phenols is 2. The molecule has 0 aliphatic rings. The van der Waals surface area contributed by atoms with Crippen molar-refractivity contribution < 1.29 is 69.5 Å². The molecular formula is C85H104Cl6F2Hf2N2O4-2. The van der Waals surface area contributed by atoms with E-state index < -0.39 is 37.7 Å². The van der Waals surface area contributed by atoms with Crippen LogP contribution in [0.1, 0.15) is 205 Å². The Bertz CT molecular complexity index is 4260. The van der Waals surface area contributed by atoms with Gasteiger partial charge in [0.25, 0.3) is 0 Å². The predicted octanol–water partition coefficient (Wildman–Crippen LogP) is 28.3. The number of halogens is 8. The third-order valence-corrected chi connectivity index (χ3v) is 19.0. The van der Waals surface area contributed by atoms with Crippen LogP contribution in [0.25, 0.3) is 77.2 Å². The first-order valence-electron chi connectivity index (χ1n) is 33.8. The quantitative estimate of drug-likeness (QED) is 0.0647. The summed E-state index contributed by atoms with van der Waals surface area (Å²) in [6.45, 7) is 48.6. The van der Waals surface area contributed by atoms with Crippen molar-refractivity contribution in [3.8, 4) is 56.6 Å². The van der Waals surface area contributed by atoms with Gasteiger partial charge in [0.1, 0.15) is 11.5 Å². The summed E-state index contributed by atoms with van der Waals surface area (Å²) >= 11 is 10.3. The van der Waals surface area contributed by atoms with E-state index in [0.29, 0.717) is 22.5 Å². The summed E-state index contributed by atoms with van der Waals surface area (Å²) in [7, 11) is 20.2. The molecule has 6 nitrogen and oxygen atoms in total. The minimum Gasteiger partial charge on any atom is 0 e. The van der Waals surface area contributed by atoms with E-state index in [1.54, 1.807) is 12.1 Å². The van der Waals surface area contributed by atoms with Crippen LogP contribution in [0.3, 0.4) is 0 Å². The van der Waals surface area contributed by atoms with Crippen LogP contribution in [0.5, 0.6) is 23.0 Å². The van der Waals surface area contributed by atoms with Crippen LogP contribution in [0.2, 0.25) is 10.0 Å². The molecule has 10 aromatic rings. The standard InChI is InChI=1S/C83H98Cl2F2N2O4.2CH3.4ClH.2Hf/c1-76(2,3)46-82(19,20)52-38-60(72(90)70(40-52)88-66-28-24-48(78(7,8)9)34-56(66)57-35-49(79(10,11)12)25-29-67(57)88)62-42-54(84)44-64(86)74(62)92-32-23-33-93-75-63(43-55(85)45-65(75)87)61-39-53(83(21,22)47-77(4,5)6)41-71(73(61)91)89-68-30-26-50(80(13,14)15)36-58(68)59-37-51(81(16,17)18)27-31-69(59)89;;;;;;;;/h24-31,34-45,90-91H,23,32-33,46-47H2,1-22H3;2*1H3;4*1H;;/q;2*-1;;;;;;+4/p-4. The van der Waals surface area contributed by atoms with E-state index in [2.05, 4.69) is 246 Å². The van der Waals surface area contributed by atoms with E-state index in [9.17, 15) is 10.2 Å². The Hall–Kier alpha value is -4.10. The van der Waals surface area contributed by atoms with Crippen molar-refractivity contribution in [2.24, 2.45) is 10.8 Å². The van der Waals surface area contributed by atoms with Gasteiger partial charge in [0.15, 0.2) is 23.1 Å². The molecule has 0 spiro atoms. The first-order chi connectivity index (χ1) is 44.8. The fourth-order valence-electron chi connectivity index (χ4n) is 14.3. The summed E-state index contributed by atoms with van der Waals surface area (Å²) in [5.41, 5.74) is 11.2. The fourth-order valence-corrected chi connectivity index (χ4v) is 14.7. The zero-order valence-electron chi connectivity index (χ0n) is 63.7. The molecule has 0 unspecified atom stereocenters. The van der Waals surface area contributed by atoms with Crippen LogP contribution in [0, 0.1) is 37.3 Å². The van der Waals surface area contributed by atoms with Crippen molar-refractivity contribution >= 4 is 101 Å². The molecule has 0 atom stereocenters. The van der Waals surface area contributed by atoms with Gasteiger partial charge in [-0.25, -0.2) is 8.78 Å². The van der Waals surface area contributed by atoms with Gasteiger partial charge in [0.2, 0.25) is 0 Å². The number of hydrogen-bond donors (Lipinski definition) is 2. The molecule has 0 fully saturated rings. The van der Waals surface area contributed by atoms with E-state index in [-0.39, 0.29) is 137 Å². The second-order valence-corrected chi connectivity index (χ2v) is 66.6. The van der Waals surface area contributed by atoms with Crippen LogP contribution < -0.4 is 9.47 Å². The van der Waals surface area contributed by atoms with E-state index in [1.165, 1.54) is 34.4 Å². The molecule has 0 radical (unpaired) electrons. The van der Waals surface area contributed by atoms with Crippen molar-refractivity contribution in [1.82, 2.24) is 9.13 Å². The Labute approximate surface area is 649 Å². The van der Waals surface area contributed by atoms with Crippen molar-refractivity contribution in [1.29, 1.82) is 0 Å². The number of nitrogens with zero attached hydrogens (tertiary/aromatic N) is 2. The minimum absolute atomic E-state index is 0. The SMILES string of the molecule is CC(C)(C)CC(C)(C)c1cc(-c2cc(Cl)cc(F)c2OCCCOc2c(F)cc(Cl)cc2-c2cc(C(C)(C)CC(C)(C)C)cc(-n3c4ccc(C(C)(C)C)cc4c4cc(C(C)(C)C)ccc43)c2O)c(O)c(-n2c3ccc(C(C)(C)C)cc3c3cc(C(C)(C)C)ccc32)c1.[CH3-].[CH3-].[Cl][Hf]([Cl])([Cl])[Cl].[Hf]. The topological polar surface area (TPSA) is 68.8 Å². The molecule has 2 N–H and O–H groups in total. The summed E-state index contributed by atoms with van der Waals surface area (Å²) in [5, 5.41) is 30.7. The largest absolute Gasteiger partial charge is 0 e. The van der Waals surface area contributed by atoms with Gasteiger partial charge in [-0.2, -0.15) is 0 Å². The van der Waals surface area contributed by atoms with E-state index >= 15 is 8.78 Å². The number of aromatic hydroxyl groups is 2. The molecular weight excluding hydrogens is 1720 g/mol. The zero-order valence-corrected chi connectivity index (χ0v) is 75.4. The molecule has 0 bridgehead atoms. The molecule has 0 amide bonds. The molecule has 0 saturated carbocycles. The smallest absolute Gasteiger partial charge is 0 e. The number of phenolic OH excluding ortho intramolecular Hbond substituents is 2. The fraction of sp³-hybridized carbons (Fsp3) is 0.412. The number of hydrogen-bond acceptors (Lipinski definition) is 4. The number of fused-ring (bicyclic) bond motifs is 6. The summed E-state index contributed by atoms with van der Waals surface area (Å²) in [6, 6.07) is 40.2. The Balaban J connectivity index is 0.00000194. The average molecular weight is 1830 g/mol. The van der Waals surface area contributed by atoms with Crippen LogP contribution in [0.4, 0.5) is 8.78 Å². The number of benzene rings is 8. The van der Waals surface area contributed by atoms with Gasteiger partial charge in [0, 0.05) is 86.1 Å². The molecule has 2 heterocycles. The van der Waals surface area contributed by atoms with Crippen molar-refractivity contribution in [2.45, 2.75) is 204 Å². The van der Waals surface area contributed by atoms with Crippen molar-refractivity contribution in [3.63, 3.8) is 0 Å². The predicted molar refractivity (Wildman–Crippen MR) is 427 cm³/mol. The second-order valence-electron chi connectivity index (χ2n) is 34.6. The molecule has 0 saturated heterocycles. The van der Waals surface area contributed by atoms with Gasteiger partial charge >= 0.3 is 49.5 Å². The number of aromatic nitrogens is 2. The van der Waals surface area contributed by atoms with Crippen LogP contribution in [-0.2, 0) is 73.6 Å². The minimum atomic E-state index is -3.39. The maximum atomic E-state index is 16.9. The molecule has 544 valence electrons. The zero-order chi connectivity index (χ0) is 72.9. The Morgan fingerprint density at radius 3 is 0.871 bits per heavy atom. The Morgan fingerprint density at radius 2 is 0.634 bits per heavy atom. The van der Waals surface area contributed by atoms with Crippen LogP contribution in [-0.4, -0.2) is 32.6 Å². The third kappa shape index (κ3) is 19.6. The first kappa shape index (κ1) is 85.8. The normalized spacial score (nSPS) is 12.9. The third-order valence-electron chi connectivity index (χ3n) is 18.5. The van der Waals surface area contributed by atoms with E-state index in [1.807, 2.05) is 12.1 Å². The number of rotatable bonds is 14. The van der Waals surface area contributed by atoms with Gasteiger partial charge in [-0.3, -0.25) is 0 Å². The monoisotopic (exact) mass is 1820 g/mol. The summed E-state index contributed by atoms with van der Waals surface area (Å²) in [6.07, 6.45) is 1.77. The van der Waals surface area contributed by atoms with Gasteiger partial charge < -0.3 is 43.7 Å². The molecule has 0 aliphatic carbocycles. The van der Waals surface area contributed by atoms with Crippen LogP contribution in [0.15, 0.2) is 121 Å². The first-order valence-corrected chi connectivity index (χ1v) is 52.3. The van der Waals surface area contributed by atoms with Gasteiger partial charge in [-0.1, -0.05) is 200 Å². The molecule has 101 heavy (non-hydrogen) atoms. The van der Waals surface area contributed by atoms with Gasteiger partial charge in [-0.15, -0.1) is 0 Å². The van der Waals surface area contributed by atoms with Crippen molar-refractivity contribution in [3.05, 3.63) is 191 Å². The van der Waals surface area contributed by atoms with Crippen molar-refractivity contribution in [2.75, 3.05) is 13.2 Å². The maximum Gasteiger partial charge on any atom is 0 e. The Kier molecular flexibility index (Phi) is 26.3. The van der Waals surface area contributed by atoms with Crippen LogP contribution >= 0.6 is 57.5 Å². The maximum absolute atomic E-state index is 16.9. The second kappa shape index (κ2) is 31.0. The Morgan fingerprint density at radius 1 is 0.376 bits per heavy atom. The van der Waals surface area contributed by atoms with E-state index in [0.717, 1.165) is 67.6 Å². The summed E-state index contributed by atoms with van der Waals surface area (Å²) < 4.78 is 51.1. The molecule has 10 rings (SSSR count). The summed E-state index contributed by atoms with van der Waals surface area (Å²) in [5.74, 6) is -1.75. The molecule has 2 aromatic heterocycles. The molecule has 8 aromatic carbocycles. The van der Waals surface area contributed by atoms with Gasteiger partial charge in [-0.05, 0) is 187 Å². The molecule has 0 aliphatic heterocycles. The van der Waals surface area contributed by atoms with E-state index in [4.69, 9.17) is 67.0 Å². The van der Waals surface area contributed by atoms with Gasteiger partial charge in [0.05, 0.1) is 46.7 Å². The number of ether oxygens (including phenoxy) is 2. The average Bonchev–Trinajstić information content (AvgIpc) is 1.52. The molecule has 16 heteroatoms.